The second kappa shape index (κ2) is 18.1. The number of rotatable bonds is 17. The second-order valence-electron chi connectivity index (χ2n) is 10.9. The van der Waals surface area contributed by atoms with E-state index in [1.54, 1.807) is 44.2 Å². The van der Waals surface area contributed by atoms with Crippen LogP contribution in [0.3, 0.4) is 0 Å². The first-order valence-electron chi connectivity index (χ1n) is 14.3. The molecule has 0 heterocycles. The largest absolute Gasteiger partial charge is 0.508 e. The van der Waals surface area contributed by atoms with E-state index in [2.05, 4.69) is 21.3 Å². The zero-order valence-corrected chi connectivity index (χ0v) is 27.3. The molecule has 2 aromatic carbocycles. The highest BCUT2D eigenvalue weighted by Crippen LogP contribution is 2.24. The van der Waals surface area contributed by atoms with Crippen LogP contribution in [-0.4, -0.2) is 76.4 Å². The van der Waals surface area contributed by atoms with Crippen molar-refractivity contribution in [1.29, 1.82) is 0 Å². The molecule has 4 atom stereocenters. The lowest BCUT2D eigenvalue weighted by molar-refractivity contribution is -0.141. The van der Waals surface area contributed by atoms with E-state index in [1.807, 2.05) is 0 Å². The quantitative estimate of drug-likeness (QED) is 0.145. The number of ether oxygens (including phenoxy) is 1. The minimum absolute atomic E-state index is 0.0322. The molecule has 0 saturated carbocycles. The predicted octanol–water partition coefficient (Wildman–Crippen LogP) is 2.14. The van der Waals surface area contributed by atoms with Gasteiger partial charge in [-0.1, -0.05) is 55.2 Å². The molecule has 4 amide bonds. The molecule has 0 aliphatic rings. The third-order valence-corrected chi connectivity index (χ3v) is 7.41. The van der Waals surface area contributed by atoms with Crippen LogP contribution in [0.25, 0.3) is 0 Å². The lowest BCUT2D eigenvalue weighted by Gasteiger charge is -2.27. The zero-order valence-electron chi connectivity index (χ0n) is 25.8. The Kier molecular flexibility index (Phi) is 14.9. The van der Waals surface area contributed by atoms with Crippen molar-refractivity contribution < 1.29 is 43.7 Å². The highest BCUT2D eigenvalue weighted by Gasteiger charge is 2.31. The third-order valence-electron chi connectivity index (χ3n) is 6.71. The van der Waals surface area contributed by atoms with Gasteiger partial charge in [0.15, 0.2) is 5.78 Å². The van der Waals surface area contributed by atoms with E-state index in [9.17, 15) is 39.0 Å². The van der Waals surface area contributed by atoms with Crippen LogP contribution in [-0.2, 0) is 46.5 Å². The van der Waals surface area contributed by atoms with Crippen LogP contribution >= 0.6 is 23.2 Å². The van der Waals surface area contributed by atoms with Crippen LogP contribution in [0, 0.1) is 5.92 Å². The highest BCUT2D eigenvalue weighted by atomic mass is 35.5. The first-order valence-corrected chi connectivity index (χ1v) is 15.1. The highest BCUT2D eigenvalue weighted by molar-refractivity contribution is 6.35. The van der Waals surface area contributed by atoms with Gasteiger partial charge in [-0.15, -0.1) is 0 Å². The average molecular weight is 682 g/mol. The molecule has 6 N–H and O–H groups in total. The van der Waals surface area contributed by atoms with Crippen LogP contribution in [0.4, 0.5) is 0 Å². The smallest absolute Gasteiger partial charge is 0.305 e. The number of phenolic OH excluding ortho intramolecular Hbond substituents is 1. The maximum Gasteiger partial charge on any atom is 0.305 e. The van der Waals surface area contributed by atoms with Gasteiger partial charge in [-0.05, 0) is 42.7 Å². The number of halogens is 2. The maximum atomic E-state index is 13.2. The van der Waals surface area contributed by atoms with Gasteiger partial charge in [0, 0.05) is 29.0 Å². The van der Waals surface area contributed by atoms with Gasteiger partial charge in [0.25, 0.3) is 0 Å². The maximum absolute atomic E-state index is 13.2. The number of hydrogen-bond donors (Lipinski definition) is 6. The van der Waals surface area contributed by atoms with E-state index >= 15 is 0 Å². The molecule has 0 aliphatic heterocycles. The van der Waals surface area contributed by atoms with Gasteiger partial charge in [-0.25, -0.2) is 0 Å². The zero-order chi connectivity index (χ0) is 34.6. The molecule has 0 spiro atoms. The standard InChI is InChI=1S/C31H38Cl2N4O9/c1-16(2)28(37-30(44)25(35-18(4)38)12-19-8-10-20(39)11-9-19)31(45)34-17(3)29(43)36-24(13-27(41)42)26(40)15-46-14-21-22(32)6-5-7-23(21)33/h5-11,16-17,24-25,28,39H,12-15H2,1-4H3,(H,34,45)(H,35,38)(H,36,43)(H,37,44)(H,41,42)/t17-,24?,25-,28-/m0/s1. The Bertz CT molecular complexity index is 1400. The number of carbonyl (C=O) groups is 6. The van der Waals surface area contributed by atoms with Gasteiger partial charge in [-0.3, -0.25) is 28.8 Å². The number of carboxylic acids is 1. The summed E-state index contributed by atoms with van der Waals surface area (Å²) in [6, 6.07) is 6.00. The first kappa shape index (κ1) is 38.0. The van der Waals surface area contributed by atoms with Gasteiger partial charge < -0.3 is 36.2 Å². The van der Waals surface area contributed by atoms with E-state index in [0.29, 0.717) is 21.2 Å². The number of Topliss-reactive ketones (excluding diaryl/α,β-unsaturated/α-hetero) is 1. The number of hydrogen-bond acceptors (Lipinski definition) is 8. The van der Waals surface area contributed by atoms with Gasteiger partial charge in [-0.2, -0.15) is 0 Å². The fraction of sp³-hybridized carbons (Fsp3) is 0.419. The average Bonchev–Trinajstić information content (AvgIpc) is 2.96. The van der Waals surface area contributed by atoms with Crippen molar-refractivity contribution in [3.63, 3.8) is 0 Å². The molecule has 46 heavy (non-hydrogen) atoms. The van der Waals surface area contributed by atoms with Gasteiger partial charge >= 0.3 is 5.97 Å². The van der Waals surface area contributed by atoms with Crippen LogP contribution in [0.2, 0.25) is 10.0 Å². The monoisotopic (exact) mass is 680 g/mol. The molecular formula is C31H38Cl2N4O9. The molecule has 15 heteroatoms. The van der Waals surface area contributed by atoms with Crippen LogP contribution in [0.15, 0.2) is 42.5 Å². The van der Waals surface area contributed by atoms with Crippen molar-refractivity contribution in [3.8, 4) is 5.75 Å². The minimum atomic E-state index is -1.47. The van der Waals surface area contributed by atoms with Gasteiger partial charge in [0.2, 0.25) is 23.6 Å². The summed E-state index contributed by atoms with van der Waals surface area (Å²) in [4.78, 5) is 75.3. The number of aromatic hydroxyl groups is 1. The lowest BCUT2D eigenvalue weighted by Crippen LogP contribution is -2.58. The summed E-state index contributed by atoms with van der Waals surface area (Å²) in [7, 11) is 0. The second-order valence-corrected chi connectivity index (χ2v) is 11.7. The Balaban J connectivity index is 2.04. The molecule has 0 saturated heterocycles. The molecule has 2 aromatic rings. The van der Waals surface area contributed by atoms with Gasteiger partial charge in [0.05, 0.1) is 13.0 Å². The summed E-state index contributed by atoms with van der Waals surface area (Å²) < 4.78 is 5.38. The Hall–Kier alpha value is -4.20. The third kappa shape index (κ3) is 12.3. The summed E-state index contributed by atoms with van der Waals surface area (Å²) >= 11 is 12.2. The lowest BCUT2D eigenvalue weighted by atomic mass is 10.0. The topological polar surface area (TPSA) is 200 Å². The minimum Gasteiger partial charge on any atom is -0.508 e. The van der Waals surface area contributed by atoms with Crippen molar-refractivity contribution >= 4 is 58.6 Å². The molecular weight excluding hydrogens is 643 g/mol. The summed E-state index contributed by atoms with van der Waals surface area (Å²) in [5.74, 6) is -5.20. The van der Waals surface area contributed by atoms with E-state index < -0.39 is 78.5 Å². The van der Waals surface area contributed by atoms with Crippen molar-refractivity contribution in [2.45, 2.75) is 71.3 Å². The molecule has 1 unspecified atom stereocenters. The molecule has 13 nitrogen and oxygen atoms in total. The molecule has 0 radical (unpaired) electrons. The normalized spacial score (nSPS) is 13.5. The molecule has 250 valence electrons. The number of ketones is 1. The SMILES string of the molecule is CC(=O)N[C@@H](Cc1ccc(O)cc1)C(=O)N[C@H](C(=O)N[C@@H](C)C(=O)NC(CC(=O)O)C(=O)COCc1c(Cl)cccc1Cl)C(C)C. The summed E-state index contributed by atoms with van der Waals surface area (Å²) in [6.45, 7) is 5.22. The molecule has 0 fully saturated rings. The van der Waals surface area contributed by atoms with Crippen LogP contribution < -0.4 is 21.3 Å². The molecule has 2 rings (SSSR count). The van der Waals surface area contributed by atoms with Crippen molar-refractivity contribution in [2.24, 2.45) is 5.92 Å². The predicted molar refractivity (Wildman–Crippen MR) is 169 cm³/mol. The Labute approximate surface area is 276 Å². The summed E-state index contributed by atoms with van der Waals surface area (Å²) in [6.07, 6.45) is -0.664. The van der Waals surface area contributed by atoms with Gasteiger partial charge in [0.1, 0.15) is 36.5 Å². The number of phenols is 1. The van der Waals surface area contributed by atoms with Crippen LogP contribution in [0.5, 0.6) is 5.75 Å². The number of carbonyl (C=O) groups excluding carboxylic acids is 5. The molecule has 0 aliphatic carbocycles. The summed E-state index contributed by atoms with van der Waals surface area (Å²) in [5, 5.41) is 29.4. The van der Waals surface area contributed by atoms with Crippen LogP contribution in [0.1, 0.15) is 45.2 Å². The molecule has 0 bridgehead atoms. The molecule has 0 aromatic heterocycles. The number of nitrogens with one attached hydrogen (secondary N) is 4. The van der Waals surface area contributed by atoms with E-state index in [1.165, 1.54) is 26.0 Å². The Morgan fingerprint density at radius 3 is 1.96 bits per heavy atom. The van der Waals surface area contributed by atoms with E-state index in [0.717, 1.165) is 0 Å². The number of carboxylic acid groups (broad SMARTS) is 1. The number of aliphatic carboxylic acids is 1. The number of benzene rings is 2. The fourth-order valence-corrected chi connectivity index (χ4v) is 4.73. The van der Waals surface area contributed by atoms with Crippen molar-refractivity contribution in [1.82, 2.24) is 21.3 Å². The first-order chi connectivity index (χ1) is 21.6. The van der Waals surface area contributed by atoms with Crippen molar-refractivity contribution in [2.75, 3.05) is 6.61 Å². The van der Waals surface area contributed by atoms with Crippen molar-refractivity contribution in [3.05, 3.63) is 63.6 Å². The number of amides is 4. The Morgan fingerprint density at radius 1 is 0.804 bits per heavy atom. The summed E-state index contributed by atoms with van der Waals surface area (Å²) in [5.41, 5.74) is 1.08. The van der Waals surface area contributed by atoms with E-state index in [-0.39, 0.29) is 18.8 Å². The fourth-order valence-electron chi connectivity index (χ4n) is 4.22. The Morgan fingerprint density at radius 2 is 1.41 bits per heavy atom. The van der Waals surface area contributed by atoms with E-state index in [4.69, 9.17) is 27.9 Å².